The van der Waals surface area contributed by atoms with Gasteiger partial charge in [-0.25, -0.2) is 23.1 Å². The highest BCUT2D eigenvalue weighted by Crippen LogP contribution is 2.34. The van der Waals surface area contributed by atoms with Crippen molar-refractivity contribution in [3.63, 3.8) is 0 Å². The number of aryl methyl sites for hydroxylation is 1. The van der Waals surface area contributed by atoms with E-state index in [1.165, 1.54) is 30.6 Å². The van der Waals surface area contributed by atoms with Crippen LogP contribution in [0.25, 0.3) is 33.6 Å². The number of nitrogens with zero attached hydrogens (tertiary/aromatic N) is 3. The van der Waals surface area contributed by atoms with Crippen LogP contribution in [0.15, 0.2) is 67.1 Å². The minimum Gasteiger partial charge on any atom is -0.491 e. The van der Waals surface area contributed by atoms with Gasteiger partial charge in [0, 0.05) is 46.5 Å². The third-order valence-corrected chi connectivity index (χ3v) is 5.57. The van der Waals surface area contributed by atoms with E-state index >= 15 is 0 Å². The third kappa shape index (κ3) is 5.12. The van der Waals surface area contributed by atoms with Crippen LogP contribution in [-0.2, 0) is 6.42 Å². The zero-order valence-corrected chi connectivity index (χ0v) is 19.7. The van der Waals surface area contributed by atoms with Gasteiger partial charge < -0.3 is 4.74 Å². The first-order valence-corrected chi connectivity index (χ1v) is 11.4. The van der Waals surface area contributed by atoms with Gasteiger partial charge in [-0.15, -0.1) is 0 Å². The zero-order valence-electron chi connectivity index (χ0n) is 19.7. The standard InChI is InChI=1S/C28H23F4N3O/c1-3-5-6-7-19-9-8-17(14-33-19)18-15-34-28(35-16-18)22-11-10-20(24(29)26(22)31)21-12-13-23(36-4-2)27(32)25(21)30/h3,5,8-16H,4,6-7H2,1-2H3/b5-3+. The van der Waals surface area contributed by atoms with Crippen LogP contribution in [0, 0.1) is 23.3 Å². The molecule has 0 saturated heterocycles. The third-order valence-electron chi connectivity index (χ3n) is 5.57. The van der Waals surface area contributed by atoms with Crippen LogP contribution in [0.1, 0.15) is 26.0 Å². The van der Waals surface area contributed by atoms with E-state index in [-0.39, 0.29) is 23.7 Å². The molecule has 0 aliphatic heterocycles. The van der Waals surface area contributed by atoms with E-state index in [1.807, 2.05) is 25.1 Å². The number of allylic oxidation sites excluding steroid dienone is 2. The molecular formula is C28H23F4N3O. The van der Waals surface area contributed by atoms with Crippen molar-refractivity contribution in [1.82, 2.24) is 15.0 Å². The number of pyridine rings is 1. The first kappa shape index (κ1) is 25.0. The van der Waals surface area contributed by atoms with Crippen LogP contribution in [0.3, 0.4) is 0 Å². The Kier molecular flexibility index (Phi) is 7.73. The Morgan fingerprint density at radius 3 is 1.97 bits per heavy atom. The van der Waals surface area contributed by atoms with Crippen LogP contribution in [0.2, 0.25) is 0 Å². The van der Waals surface area contributed by atoms with E-state index in [4.69, 9.17) is 4.74 Å². The lowest BCUT2D eigenvalue weighted by molar-refractivity contribution is 0.314. The minimum absolute atomic E-state index is 0.0454. The summed E-state index contributed by atoms with van der Waals surface area (Å²) >= 11 is 0. The van der Waals surface area contributed by atoms with Crippen molar-refractivity contribution in [3.05, 3.63) is 96.1 Å². The lowest BCUT2D eigenvalue weighted by Gasteiger charge is -2.12. The van der Waals surface area contributed by atoms with Gasteiger partial charge in [-0.05, 0) is 51.0 Å². The summed E-state index contributed by atoms with van der Waals surface area (Å²) in [5.74, 6) is -5.54. The molecule has 4 rings (SSSR count). The van der Waals surface area contributed by atoms with Gasteiger partial charge in [0.2, 0.25) is 5.82 Å². The Morgan fingerprint density at radius 2 is 1.33 bits per heavy atom. The molecule has 4 aromatic rings. The number of ether oxygens (including phenoxy) is 1. The summed E-state index contributed by atoms with van der Waals surface area (Å²) in [4.78, 5) is 12.8. The Morgan fingerprint density at radius 1 is 0.722 bits per heavy atom. The van der Waals surface area contributed by atoms with Gasteiger partial charge in [0.05, 0.1) is 12.2 Å². The molecule has 2 aromatic heterocycles. The first-order valence-electron chi connectivity index (χ1n) is 11.4. The SMILES string of the molecule is C/C=C/CCc1ccc(-c2cnc(-c3ccc(-c4ccc(OCC)c(F)c4F)c(F)c3F)nc2)cn1. The average Bonchev–Trinajstić information content (AvgIpc) is 2.90. The molecule has 184 valence electrons. The average molecular weight is 494 g/mol. The summed E-state index contributed by atoms with van der Waals surface area (Å²) in [6.07, 6.45) is 10.5. The summed E-state index contributed by atoms with van der Waals surface area (Å²) in [5.41, 5.74) is 1.36. The molecule has 0 spiro atoms. The molecule has 36 heavy (non-hydrogen) atoms. The van der Waals surface area contributed by atoms with Crippen molar-refractivity contribution in [1.29, 1.82) is 0 Å². The monoisotopic (exact) mass is 493 g/mol. The number of rotatable bonds is 8. The van der Waals surface area contributed by atoms with E-state index in [1.54, 1.807) is 13.1 Å². The van der Waals surface area contributed by atoms with E-state index in [0.29, 0.717) is 5.56 Å². The normalized spacial score (nSPS) is 11.3. The fourth-order valence-electron chi connectivity index (χ4n) is 3.69. The molecule has 0 amide bonds. The largest absolute Gasteiger partial charge is 0.491 e. The van der Waals surface area contributed by atoms with E-state index < -0.39 is 34.4 Å². The highest BCUT2D eigenvalue weighted by Gasteiger charge is 2.22. The molecule has 0 fully saturated rings. The molecule has 0 atom stereocenters. The molecule has 0 N–H and O–H groups in total. The van der Waals surface area contributed by atoms with Crippen molar-refractivity contribution in [2.75, 3.05) is 6.61 Å². The highest BCUT2D eigenvalue weighted by molar-refractivity contribution is 5.71. The number of aromatic nitrogens is 3. The van der Waals surface area contributed by atoms with Gasteiger partial charge in [0.1, 0.15) is 0 Å². The fourth-order valence-corrected chi connectivity index (χ4v) is 3.69. The molecule has 0 aliphatic rings. The van der Waals surface area contributed by atoms with Gasteiger partial charge >= 0.3 is 0 Å². The predicted molar refractivity (Wildman–Crippen MR) is 130 cm³/mol. The lowest BCUT2D eigenvalue weighted by Crippen LogP contribution is -2.01. The Balaban J connectivity index is 1.59. The summed E-state index contributed by atoms with van der Waals surface area (Å²) < 4.78 is 63.6. The number of hydrogen-bond donors (Lipinski definition) is 0. The highest BCUT2D eigenvalue weighted by atomic mass is 19.2. The van der Waals surface area contributed by atoms with E-state index in [9.17, 15) is 17.6 Å². The van der Waals surface area contributed by atoms with Gasteiger partial charge in [0.15, 0.2) is 29.0 Å². The van der Waals surface area contributed by atoms with Gasteiger partial charge in [-0.3, -0.25) is 4.98 Å². The molecule has 0 bridgehead atoms. The quantitative estimate of drug-likeness (QED) is 0.190. The van der Waals surface area contributed by atoms with Gasteiger partial charge in [-0.1, -0.05) is 24.3 Å². The molecular weight excluding hydrogens is 470 g/mol. The van der Waals surface area contributed by atoms with Crippen LogP contribution in [-0.4, -0.2) is 21.6 Å². The molecule has 2 heterocycles. The smallest absolute Gasteiger partial charge is 0.201 e. The molecule has 0 saturated carbocycles. The number of hydrogen-bond acceptors (Lipinski definition) is 4. The zero-order chi connectivity index (χ0) is 25.7. The van der Waals surface area contributed by atoms with Gasteiger partial charge in [0.25, 0.3) is 0 Å². The van der Waals surface area contributed by atoms with Crippen molar-refractivity contribution in [3.8, 4) is 39.4 Å². The van der Waals surface area contributed by atoms with Crippen molar-refractivity contribution < 1.29 is 22.3 Å². The molecule has 4 nitrogen and oxygen atoms in total. The Hall–Kier alpha value is -4.07. The van der Waals surface area contributed by atoms with Gasteiger partial charge in [-0.2, -0.15) is 4.39 Å². The summed E-state index contributed by atoms with van der Waals surface area (Å²) in [7, 11) is 0. The molecule has 0 aliphatic carbocycles. The maximum Gasteiger partial charge on any atom is 0.201 e. The van der Waals surface area contributed by atoms with Crippen LogP contribution in [0.4, 0.5) is 17.6 Å². The molecule has 2 aromatic carbocycles. The Bertz CT molecular complexity index is 1390. The maximum absolute atomic E-state index is 15.0. The van der Waals surface area contributed by atoms with Crippen molar-refractivity contribution in [2.24, 2.45) is 0 Å². The number of benzene rings is 2. The topological polar surface area (TPSA) is 47.9 Å². The maximum atomic E-state index is 15.0. The second kappa shape index (κ2) is 11.1. The molecule has 0 radical (unpaired) electrons. The van der Waals surface area contributed by atoms with Crippen LogP contribution < -0.4 is 4.74 Å². The van der Waals surface area contributed by atoms with E-state index in [2.05, 4.69) is 21.0 Å². The molecule has 0 unspecified atom stereocenters. The first-order chi connectivity index (χ1) is 17.4. The summed E-state index contributed by atoms with van der Waals surface area (Å²) in [6.45, 7) is 3.72. The van der Waals surface area contributed by atoms with Crippen LogP contribution >= 0.6 is 0 Å². The van der Waals surface area contributed by atoms with Crippen LogP contribution in [0.5, 0.6) is 5.75 Å². The second-order valence-corrected chi connectivity index (χ2v) is 7.90. The lowest BCUT2D eigenvalue weighted by atomic mass is 10.0. The van der Waals surface area contributed by atoms with Crippen molar-refractivity contribution >= 4 is 0 Å². The van der Waals surface area contributed by atoms with Crippen molar-refractivity contribution in [2.45, 2.75) is 26.7 Å². The minimum atomic E-state index is -1.33. The summed E-state index contributed by atoms with van der Waals surface area (Å²) in [6, 6.07) is 8.54. The summed E-state index contributed by atoms with van der Waals surface area (Å²) in [5, 5.41) is 0. The molecule has 8 heteroatoms. The Labute approximate surface area is 206 Å². The second-order valence-electron chi connectivity index (χ2n) is 7.90. The van der Waals surface area contributed by atoms with E-state index in [0.717, 1.165) is 30.2 Å². The number of halogens is 4. The predicted octanol–water partition coefficient (Wildman–Crippen LogP) is 7.34. The fraction of sp³-hybridized carbons (Fsp3) is 0.179.